The van der Waals surface area contributed by atoms with Crippen LogP contribution in [0.25, 0.3) is 11.0 Å². The summed E-state index contributed by atoms with van der Waals surface area (Å²) >= 11 is 0. The summed E-state index contributed by atoms with van der Waals surface area (Å²) < 4.78 is 5.18. The Labute approximate surface area is 162 Å². The number of benzene rings is 2. The lowest BCUT2D eigenvalue weighted by atomic mass is 10.1. The number of aromatic nitrogens is 2. The molecule has 0 N–H and O–H groups in total. The summed E-state index contributed by atoms with van der Waals surface area (Å²) in [6.45, 7) is 1.87. The molecule has 0 atom stereocenters. The minimum Gasteiger partial charge on any atom is -0.497 e. The number of methoxy groups -OCH3 is 1. The average molecular weight is 376 g/mol. The molecule has 1 aliphatic rings. The van der Waals surface area contributed by atoms with E-state index in [2.05, 4.69) is 9.97 Å². The highest BCUT2D eigenvalue weighted by Crippen LogP contribution is 2.16. The normalized spacial score (nSPS) is 14.2. The first-order chi connectivity index (χ1) is 13.7. The van der Waals surface area contributed by atoms with Gasteiger partial charge in [0.2, 0.25) is 0 Å². The number of carbonyl (C=O) groups is 2. The van der Waals surface area contributed by atoms with Gasteiger partial charge in [-0.3, -0.25) is 14.6 Å². The molecule has 2 heterocycles. The molecule has 1 aliphatic heterocycles. The van der Waals surface area contributed by atoms with Crippen LogP contribution in [-0.4, -0.2) is 64.9 Å². The van der Waals surface area contributed by atoms with E-state index in [1.165, 1.54) is 6.20 Å². The summed E-state index contributed by atoms with van der Waals surface area (Å²) in [4.78, 5) is 37.7. The maximum atomic E-state index is 12.8. The van der Waals surface area contributed by atoms with Gasteiger partial charge in [0.15, 0.2) is 0 Å². The van der Waals surface area contributed by atoms with Gasteiger partial charge in [0.25, 0.3) is 11.8 Å². The van der Waals surface area contributed by atoms with Gasteiger partial charge in [0, 0.05) is 31.7 Å². The Morgan fingerprint density at radius 2 is 1.57 bits per heavy atom. The number of nitrogens with zero attached hydrogens (tertiary/aromatic N) is 4. The summed E-state index contributed by atoms with van der Waals surface area (Å²) in [7, 11) is 1.57. The monoisotopic (exact) mass is 376 g/mol. The highest BCUT2D eigenvalue weighted by Gasteiger charge is 2.26. The summed E-state index contributed by atoms with van der Waals surface area (Å²) in [5.74, 6) is 0.428. The van der Waals surface area contributed by atoms with E-state index in [0.29, 0.717) is 48.7 Å². The van der Waals surface area contributed by atoms with Gasteiger partial charge in [0.1, 0.15) is 11.4 Å². The molecule has 0 saturated carbocycles. The highest BCUT2D eigenvalue weighted by molar-refractivity contribution is 5.96. The van der Waals surface area contributed by atoms with E-state index >= 15 is 0 Å². The molecule has 0 radical (unpaired) electrons. The van der Waals surface area contributed by atoms with Crippen molar-refractivity contribution < 1.29 is 14.3 Å². The standard InChI is InChI=1S/C21H20N4O3/c1-28-16-6-4-5-15(13-16)20(26)24-9-11-25(12-10-24)21(27)19-14-22-17-7-2-3-8-18(17)23-19/h2-8,13-14H,9-12H2,1H3. The number of rotatable bonds is 3. The molecule has 1 saturated heterocycles. The first-order valence-corrected chi connectivity index (χ1v) is 9.10. The van der Waals surface area contributed by atoms with Crippen molar-refractivity contribution in [2.75, 3.05) is 33.3 Å². The number of carbonyl (C=O) groups excluding carboxylic acids is 2. The number of hydrogen-bond donors (Lipinski definition) is 0. The molecule has 1 aromatic heterocycles. The van der Waals surface area contributed by atoms with Gasteiger partial charge in [-0.1, -0.05) is 18.2 Å². The van der Waals surface area contributed by atoms with Crippen LogP contribution in [0.4, 0.5) is 0 Å². The lowest BCUT2D eigenvalue weighted by Crippen LogP contribution is -2.50. The Balaban J connectivity index is 1.42. The first kappa shape index (κ1) is 17.9. The molecule has 1 fully saturated rings. The minimum atomic E-state index is -0.160. The van der Waals surface area contributed by atoms with Crippen molar-refractivity contribution in [3.63, 3.8) is 0 Å². The Kier molecular flexibility index (Phi) is 4.89. The number of para-hydroxylation sites is 2. The fourth-order valence-corrected chi connectivity index (χ4v) is 3.27. The summed E-state index contributed by atoms with van der Waals surface area (Å²) in [5, 5.41) is 0. The molecule has 2 aromatic carbocycles. The van der Waals surface area contributed by atoms with Gasteiger partial charge in [-0.2, -0.15) is 0 Å². The fourth-order valence-electron chi connectivity index (χ4n) is 3.27. The molecular formula is C21H20N4O3. The topological polar surface area (TPSA) is 75.6 Å². The highest BCUT2D eigenvalue weighted by atomic mass is 16.5. The van der Waals surface area contributed by atoms with E-state index < -0.39 is 0 Å². The molecule has 4 rings (SSSR count). The second-order valence-corrected chi connectivity index (χ2v) is 6.56. The molecule has 28 heavy (non-hydrogen) atoms. The number of ether oxygens (including phenoxy) is 1. The number of piperazine rings is 1. The van der Waals surface area contributed by atoms with Crippen molar-refractivity contribution in [1.29, 1.82) is 0 Å². The average Bonchev–Trinajstić information content (AvgIpc) is 2.78. The Morgan fingerprint density at radius 3 is 2.29 bits per heavy atom. The van der Waals surface area contributed by atoms with Gasteiger partial charge < -0.3 is 14.5 Å². The van der Waals surface area contributed by atoms with Gasteiger partial charge >= 0.3 is 0 Å². The number of amides is 2. The number of fused-ring (bicyclic) bond motifs is 1. The lowest BCUT2D eigenvalue weighted by Gasteiger charge is -2.34. The molecule has 142 valence electrons. The van der Waals surface area contributed by atoms with Crippen LogP contribution < -0.4 is 4.74 Å². The molecule has 0 aliphatic carbocycles. The van der Waals surface area contributed by atoms with E-state index in [9.17, 15) is 9.59 Å². The third-order valence-corrected chi connectivity index (χ3v) is 4.84. The Bertz CT molecular complexity index is 1030. The second kappa shape index (κ2) is 7.64. The third-order valence-electron chi connectivity index (χ3n) is 4.84. The first-order valence-electron chi connectivity index (χ1n) is 9.10. The second-order valence-electron chi connectivity index (χ2n) is 6.56. The molecular weight excluding hydrogens is 356 g/mol. The maximum absolute atomic E-state index is 12.8. The van der Waals surface area contributed by atoms with Crippen molar-refractivity contribution in [3.8, 4) is 5.75 Å². The van der Waals surface area contributed by atoms with E-state index in [1.54, 1.807) is 41.2 Å². The number of hydrogen-bond acceptors (Lipinski definition) is 5. The quantitative estimate of drug-likeness (QED) is 0.701. The SMILES string of the molecule is COc1cccc(C(=O)N2CCN(C(=O)c3cnc4ccccc4n3)CC2)c1. The van der Waals surface area contributed by atoms with Crippen LogP contribution in [0, 0.1) is 0 Å². The molecule has 3 aromatic rings. The Morgan fingerprint density at radius 1 is 0.893 bits per heavy atom. The molecule has 0 bridgehead atoms. The van der Waals surface area contributed by atoms with Crippen LogP contribution in [0.5, 0.6) is 5.75 Å². The van der Waals surface area contributed by atoms with Gasteiger partial charge in [-0.15, -0.1) is 0 Å². The van der Waals surface area contributed by atoms with E-state index in [1.807, 2.05) is 24.3 Å². The summed E-state index contributed by atoms with van der Waals surface area (Å²) in [5.41, 5.74) is 2.36. The summed E-state index contributed by atoms with van der Waals surface area (Å²) in [6, 6.07) is 14.6. The molecule has 7 heteroatoms. The van der Waals surface area contributed by atoms with Crippen LogP contribution in [0.15, 0.2) is 54.7 Å². The minimum absolute atomic E-state index is 0.0588. The van der Waals surface area contributed by atoms with Crippen molar-refractivity contribution in [1.82, 2.24) is 19.8 Å². The molecule has 2 amide bonds. The largest absolute Gasteiger partial charge is 0.497 e. The predicted octanol–water partition coefficient (Wildman–Crippen LogP) is 2.24. The van der Waals surface area contributed by atoms with Gasteiger partial charge in [-0.05, 0) is 30.3 Å². The van der Waals surface area contributed by atoms with E-state index in [4.69, 9.17) is 4.74 Å². The van der Waals surface area contributed by atoms with Crippen molar-refractivity contribution in [2.24, 2.45) is 0 Å². The zero-order valence-corrected chi connectivity index (χ0v) is 15.5. The smallest absolute Gasteiger partial charge is 0.274 e. The van der Waals surface area contributed by atoms with E-state index in [-0.39, 0.29) is 11.8 Å². The van der Waals surface area contributed by atoms with Crippen LogP contribution in [0.1, 0.15) is 20.8 Å². The van der Waals surface area contributed by atoms with Crippen molar-refractivity contribution in [2.45, 2.75) is 0 Å². The van der Waals surface area contributed by atoms with Crippen LogP contribution in [-0.2, 0) is 0 Å². The van der Waals surface area contributed by atoms with Crippen molar-refractivity contribution in [3.05, 3.63) is 66.0 Å². The Hall–Kier alpha value is -3.48. The van der Waals surface area contributed by atoms with Crippen LogP contribution >= 0.6 is 0 Å². The fraction of sp³-hybridized carbons (Fsp3) is 0.238. The zero-order valence-electron chi connectivity index (χ0n) is 15.5. The van der Waals surface area contributed by atoms with Crippen LogP contribution in [0.3, 0.4) is 0 Å². The predicted molar refractivity (Wildman–Crippen MR) is 104 cm³/mol. The van der Waals surface area contributed by atoms with Crippen molar-refractivity contribution >= 4 is 22.8 Å². The summed E-state index contributed by atoms with van der Waals surface area (Å²) in [6.07, 6.45) is 1.51. The zero-order chi connectivity index (χ0) is 19.5. The van der Waals surface area contributed by atoms with E-state index in [0.717, 1.165) is 5.52 Å². The van der Waals surface area contributed by atoms with Crippen LogP contribution in [0.2, 0.25) is 0 Å². The third kappa shape index (κ3) is 3.51. The molecule has 0 unspecified atom stereocenters. The lowest BCUT2D eigenvalue weighted by molar-refractivity contribution is 0.0532. The molecule has 7 nitrogen and oxygen atoms in total. The van der Waals surface area contributed by atoms with Gasteiger partial charge in [0.05, 0.1) is 24.3 Å². The maximum Gasteiger partial charge on any atom is 0.274 e. The molecule has 0 spiro atoms. The van der Waals surface area contributed by atoms with Gasteiger partial charge in [-0.25, -0.2) is 4.98 Å².